The summed E-state index contributed by atoms with van der Waals surface area (Å²) in [6, 6.07) is 22.5. The van der Waals surface area contributed by atoms with E-state index in [-0.39, 0.29) is 31.2 Å². The predicted molar refractivity (Wildman–Crippen MR) is 130 cm³/mol. The molecule has 10 heteroatoms. The number of nitrogens with one attached hydrogen (secondary N) is 2. The van der Waals surface area contributed by atoms with Crippen molar-refractivity contribution in [3.05, 3.63) is 101 Å². The average Bonchev–Trinajstić information content (AvgIpc) is 2.85. The van der Waals surface area contributed by atoms with E-state index in [1.807, 2.05) is 65.4 Å². The first-order valence-electron chi connectivity index (χ1n) is 10.9. The largest absolute Gasteiger partial charge is 0.445 e. The van der Waals surface area contributed by atoms with E-state index in [1.165, 1.54) is 17.0 Å². The lowest BCUT2D eigenvalue weighted by Gasteiger charge is -2.35. The van der Waals surface area contributed by atoms with Gasteiger partial charge in [-0.05, 0) is 34.4 Å². The smallest absolute Gasteiger partial charge is 0.411 e. The lowest BCUT2D eigenvalue weighted by Crippen LogP contribution is -2.52. The molecule has 3 N–H and O–H groups in total. The Labute approximate surface area is 203 Å². The summed E-state index contributed by atoms with van der Waals surface area (Å²) in [6.45, 7) is 0.395. The molecule has 0 unspecified atom stereocenters. The molecule has 0 aliphatic carbocycles. The highest BCUT2D eigenvalue weighted by Gasteiger charge is 2.35. The fraction of sp³-hybridized carbons (Fsp3) is 0.200. The fourth-order valence-corrected chi connectivity index (χ4v) is 4.35. The normalized spacial score (nSPS) is 15.1. The van der Waals surface area contributed by atoms with Crippen LogP contribution in [0.15, 0.2) is 78.9 Å². The van der Waals surface area contributed by atoms with Crippen molar-refractivity contribution in [2.45, 2.75) is 32.2 Å². The van der Waals surface area contributed by atoms with Gasteiger partial charge in [0.25, 0.3) is 0 Å². The van der Waals surface area contributed by atoms with Gasteiger partial charge in [0.15, 0.2) is 0 Å². The number of hydrogen-bond acceptors (Lipinski definition) is 5. The molecule has 35 heavy (non-hydrogen) atoms. The van der Waals surface area contributed by atoms with E-state index < -0.39 is 22.4 Å². The first kappa shape index (κ1) is 24.2. The molecule has 0 fully saturated rings. The second-order valence-electron chi connectivity index (χ2n) is 8.15. The molecule has 0 aromatic heterocycles. The summed E-state index contributed by atoms with van der Waals surface area (Å²) in [4.78, 5) is 27.5. The molecule has 4 rings (SSSR count). The number of carbonyl (C=O) groups is 2. The maximum atomic E-state index is 13.1. The Hall–Kier alpha value is -3.89. The van der Waals surface area contributed by atoms with Crippen molar-refractivity contribution >= 4 is 28.0 Å². The lowest BCUT2D eigenvalue weighted by atomic mass is 9.93. The molecule has 1 heterocycles. The zero-order chi connectivity index (χ0) is 24.8. The van der Waals surface area contributed by atoms with Gasteiger partial charge in [-0.1, -0.05) is 66.7 Å². The zero-order valence-corrected chi connectivity index (χ0v) is 19.6. The number of amides is 2. The number of rotatable bonds is 7. The highest BCUT2D eigenvalue weighted by molar-refractivity contribution is 7.87. The molecule has 3 aromatic carbocycles. The number of nitrogens with zero attached hydrogens (tertiary/aromatic N) is 1. The van der Waals surface area contributed by atoms with Crippen molar-refractivity contribution in [3.63, 3.8) is 0 Å². The lowest BCUT2D eigenvalue weighted by molar-refractivity contribution is -0.126. The average molecular weight is 496 g/mol. The van der Waals surface area contributed by atoms with Gasteiger partial charge in [-0.2, -0.15) is 8.42 Å². The Morgan fingerprint density at radius 3 is 2.26 bits per heavy atom. The minimum absolute atomic E-state index is 0.0351. The Bertz CT molecular complexity index is 1300. The first-order chi connectivity index (χ1) is 16.8. The molecule has 182 valence electrons. The SMILES string of the molecule is O=C(NCc1ccccc1)[C@@H]1Cc2ccc(NS(=O)(=O)O)cc2CN1C(=O)OCc1ccccc1. The Kier molecular flexibility index (Phi) is 7.33. The number of benzene rings is 3. The summed E-state index contributed by atoms with van der Waals surface area (Å²) >= 11 is 0. The maximum absolute atomic E-state index is 13.1. The second-order valence-corrected chi connectivity index (χ2v) is 9.31. The van der Waals surface area contributed by atoms with E-state index in [2.05, 4.69) is 5.32 Å². The van der Waals surface area contributed by atoms with Crippen molar-refractivity contribution in [2.24, 2.45) is 0 Å². The molecule has 1 aliphatic rings. The third-order valence-electron chi connectivity index (χ3n) is 5.64. The summed E-state index contributed by atoms with van der Waals surface area (Å²) < 4.78 is 39.0. The van der Waals surface area contributed by atoms with Gasteiger partial charge in [0.05, 0.1) is 12.2 Å². The van der Waals surface area contributed by atoms with E-state index in [4.69, 9.17) is 9.29 Å². The van der Waals surface area contributed by atoms with Crippen molar-refractivity contribution in [3.8, 4) is 0 Å². The van der Waals surface area contributed by atoms with Crippen LogP contribution in [0.25, 0.3) is 0 Å². The van der Waals surface area contributed by atoms with Gasteiger partial charge in [0.1, 0.15) is 12.6 Å². The molecule has 1 aliphatic heterocycles. The van der Waals surface area contributed by atoms with Crippen LogP contribution in [0.1, 0.15) is 22.3 Å². The topological polar surface area (TPSA) is 125 Å². The maximum Gasteiger partial charge on any atom is 0.411 e. The predicted octanol–water partition coefficient (Wildman–Crippen LogP) is 3.28. The van der Waals surface area contributed by atoms with Crippen molar-refractivity contribution in [1.82, 2.24) is 10.2 Å². The van der Waals surface area contributed by atoms with Crippen LogP contribution in [-0.2, 0) is 46.0 Å². The molecule has 0 bridgehead atoms. The highest BCUT2D eigenvalue weighted by Crippen LogP contribution is 2.27. The Morgan fingerprint density at radius 2 is 1.60 bits per heavy atom. The van der Waals surface area contributed by atoms with Crippen LogP contribution < -0.4 is 10.0 Å². The van der Waals surface area contributed by atoms with Crippen LogP contribution in [-0.4, -0.2) is 35.9 Å². The standard InChI is InChI=1S/C25H25N3O6S/c29-24(26-15-18-7-3-1-4-8-18)23-14-20-11-12-22(27-35(31,32)33)13-21(20)16-28(23)25(30)34-17-19-9-5-2-6-10-19/h1-13,23,27H,14-17H2,(H,26,29)(H,31,32,33)/t23-/m0/s1. The van der Waals surface area contributed by atoms with Gasteiger partial charge >= 0.3 is 16.4 Å². The summed E-state index contributed by atoms with van der Waals surface area (Å²) in [5.41, 5.74) is 3.32. The van der Waals surface area contributed by atoms with Gasteiger partial charge in [-0.3, -0.25) is 19.0 Å². The molecule has 2 amide bonds. The van der Waals surface area contributed by atoms with Crippen LogP contribution in [0.4, 0.5) is 10.5 Å². The zero-order valence-electron chi connectivity index (χ0n) is 18.8. The van der Waals surface area contributed by atoms with E-state index in [0.29, 0.717) is 12.1 Å². The minimum Gasteiger partial charge on any atom is -0.445 e. The Morgan fingerprint density at radius 1 is 0.943 bits per heavy atom. The molecule has 1 atom stereocenters. The van der Waals surface area contributed by atoms with E-state index in [9.17, 15) is 18.0 Å². The molecule has 9 nitrogen and oxygen atoms in total. The van der Waals surface area contributed by atoms with Gasteiger partial charge < -0.3 is 10.1 Å². The monoisotopic (exact) mass is 495 g/mol. The number of hydrogen-bond donors (Lipinski definition) is 3. The molecule has 3 aromatic rings. The summed E-state index contributed by atoms with van der Waals surface area (Å²) in [6.07, 6.45) is -0.435. The Balaban J connectivity index is 1.54. The van der Waals surface area contributed by atoms with Gasteiger partial charge in [0.2, 0.25) is 5.91 Å². The van der Waals surface area contributed by atoms with Crippen LogP contribution >= 0.6 is 0 Å². The van der Waals surface area contributed by atoms with Crippen LogP contribution in [0, 0.1) is 0 Å². The third kappa shape index (κ3) is 6.58. The summed E-state index contributed by atoms with van der Waals surface area (Å²) in [7, 11) is -4.45. The third-order valence-corrected chi connectivity index (χ3v) is 6.13. The molecular weight excluding hydrogens is 470 g/mol. The van der Waals surface area contributed by atoms with Crippen LogP contribution in [0.5, 0.6) is 0 Å². The second kappa shape index (κ2) is 10.6. The van der Waals surface area contributed by atoms with Crippen LogP contribution in [0.2, 0.25) is 0 Å². The van der Waals surface area contributed by atoms with E-state index >= 15 is 0 Å². The number of fused-ring (bicyclic) bond motifs is 1. The highest BCUT2D eigenvalue weighted by atomic mass is 32.2. The molecule has 0 saturated carbocycles. The molecule has 0 radical (unpaired) electrons. The van der Waals surface area contributed by atoms with E-state index in [0.717, 1.165) is 16.7 Å². The minimum atomic E-state index is -4.45. The molecule has 0 spiro atoms. The molecular formula is C25H25N3O6S. The van der Waals surface area contributed by atoms with Crippen molar-refractivity contribution in [2.75, 3.05) is 4.72 Å². The number of anilines is 1. The quantitative estimate of drug-likeness (QED) is 0.432. The van der Waals surface area contributed by atoms with Gasteiger partial charge in [0, 0.05) is 13.0 Å². The summed E-state index contributed by atoms with van der Waals surface area (Å²) in [5, 5.41) is 2.89. The van der Waals surface area contributed by atoms with Crippen LogP contribution in [0.3, 0.4) is 0 Å². The van der Waals surface area contributed by atoms with Gasteiger partial charge in [-0.15, -0.1) is 0 Å². The van der Waals surface area contributed by atoms with E-state index in [1.54, 1.807) is 6.07 Å². The van der Waals surface area contributed by atoms with Crippen molar-refractivity contribution < 1.29 is 27.3 Å². The summed E-state index contributed by atoms with van der Waals surface area (Å²) in [5.74, 6) is -0.323. The first-order valence-corrected chi connectivity index (χ1v) is 12.4. The number of ether oxygens (including phenoxy) is 1. The molecule has 0 saturated heterocycles. The number of carbonyl (C=O) groups excluding carboxylic acids is 2. The fourth-order valence-electron chi connectivity index (χ4n) is 3.93. The van der Waals surface area contributed by atoms with Crippen molar-refractivity contribution in [1.29, 1.82) is 0 Å². The van der Waals surface area contributed by atoms with Gasteiger partial charge in [-0.25, -0.2) is 4.79 Å².